The van der Waals surface area contributed by atoms with Crippen LogP contribution >= 0.6 is 0 Å². The quantitative estimate of drug-likeness (QED) is 0.620. The molecule has 0 aromatic carbocycles. The summed E-state index contributed by atoms with van der Waals surface area (Å²) >= 11 is 0. The van der Waals surface area contributed by atoms with Crippen molar-refractivity contribution in [2.75, 3.05) is 33.7 Å². The van der Waals surface area contributed by atoms with Crippen molar-refractivity contribution in [2.45, 2.75) is 0 Å². The highest BCUT2D eigenvalue weighted by Crippen LogP contribution is 2.15. The van der Waals surface area contributed by atoms with E-state index in [2.05, 4.69) is 0 Å². The highest BCUT2D eigenvalue weighted by molar-refractivity contribution is 5.82. The third-order valence-electron chi connectivity index (χ3n) is 2.03. The number of rotatable bonds is 3. The zero-order valence-electron chi connectivity index (χ0n) is 7.86. The van der Waals surface area contributed by atoms with E-state index in [1.165, 1.54) is 0 Å². The number of hydrogen-bond donors (Lipinski definition) is 1. The van der Waals surface area contributed by atoms with Gasteiger partial charge in [0.05, 0.1) is 12.5 Å². The number of nitrogens with zero attached hydrogens (tertiary/aromatic N) is 2. The smallest absolute Gasteiger partial charge is 0.310 e. The first kappa shape index (κ1) is 9.98. The summed E-state index contributed by atoms with van der Waals surface area (Å²) in [6.45, 7) is 1.08. The molecule has 0 aromatic rings. The number of likely N-dealkylation sites (N-methyl/N-ethyl adjacent to an activating group) is 1. The maximum atomic E-state index is 11.3. The number of carboxylic acids is 1. The van der Waals surface area contributed by atoms with Gasteiger partial charge in [-0.15, -0.1) is 0 Å². The summed E-state index contributed by atoms with van der Waals surface area (Å²) in [4.78, 5) is 25.1. The van der Waals surface area contributed by atoms with E-state index in [0.29, 0.717) is 19.6 Å². The molecule has 0 bridgehead atoms. The first-order valence-electron chi connectivity index (χ1n) is 4.16. The lowest BCUT2D eigenvalue weighted by Gasteiger charge is -2.37. The molecule has 1 saturated heterocycles. The van der Waals surface area contributed by atoms with Crippen LogP contribution in [0, 0.1) is 5.92 Å². The molecule has 1 heterocycles. The Morgan fingerprint density at radius 3 is 2.38 bits per heavy atom. The molecule has 5 nitrogen and oxygen atoms in total. The van der Waals surface area contributed by atoms with Crippen LogP contribution in [0.3, 0.4) is 0 Å². The average molecular weight is 186 g/mol. The van der Waals surface area contributed by atoms with E-state index < -0.39 is 5.97 Å². The molecule has 1 fully saturated rings. The number of likely N-dealkylation sites (tertiary alicyclic amines) is 1. The Kier molecular flexibility index (Phi) is 2.87. The minimum absolute atomic E-state index is 0.00231. The largest absolute Gasteiger partial charge is 0.481 e. The van der Waals surface area contributed by atoms with Crippen molar-refractivity contribution in [3.63, 3.8) is 0 Å². The molecule has 1 aliphatic heterocycles. The second kappa shape index (κ2) is 3.74. The third kappa shape index (κ3) is 2.42. The van der Waals surface area contributed by atoms with Gasteiger partial charge in [-0.3, -0.25) is 9.59 Å². The lowest BCUT2D eigenvalue weighted by Crippen LogP contribution is -2.54. The first-order chi connectivity index (χ1) is 6.00. The Morgan fingerprint density at radius 1 is 1.46 bits per heavy atom. The molecule has 0 radical (unpaired) electrons. The van der Waals surface area contributed by atoms with E-state index in [0.717, 1.165) is 0 Å². The molecular formula is C8H14N2O3. The van der Waals surface area contributed by atoms with Crippen LogP contribution < -0.4 is 0 Å². The van der Waals surface area contributed by atoms with E-state index in [9.17, 15) is 9.59 Å². The van der Waals surface area contributed by atoms with Crippen molar-refractivity contribution in [1.82, 2.24) is 9.80 Å². The number of hydrogen-bond acceptors (Lipinski definition) is 3. The van der Waals surface area contributed by atoms with Crippen LogP contribution in [0.25, 0.3) is 0 Å². The average Bonchev–Trinajstić information content (AvgIpc) is 1.79. The molecule has 1 rings (SSSR count). The van der Waals surface area contributed by atoms with Crippen LogP contribution in [0.15, 0.2) is 0 Å². The van der Waals surface area contributed by atoms with Crippen molar-refractivity contribution in [3.05, 3.63) is 0 Å². The second-order valence-corrected chi connectivity index (χ2v) is 3.57. The Bertz CT molecular complexity index is 221. The lowest BCUT2D eigenvalue weighted by molar-refractivity contribution is -0.152. The lowest BCUT2D eigenvalue weighted by atomic mass is 10.0. The molecule has 1 N–H and O–H groups in total. The number of aliphatic carboxylic acids is 1. The number of carboxylic acid groups (broad SMARTS) is 1. The van der Waals surface area contributed by atoms with Gasteiger partial charge in [-0.1, -0.05) is 0 Å². The normalized spacial score (nSPS) is 17.3. The fourth-order valence-electron chi connectivity index (χ4n) is 1.21. The van der Waals surface area contributed by atoms with Gasteiger partial charge in [0.25, 0.3) is 0 Å². The van der Waals surface area contributed by atoms with Crippen LogP contribution in [0.5, 0.6) is 0 Å². The maximum Gasteiger partial charge on any atom is 0.310 e. The standard InChI is InChI=1S/C8H14N2O3/c1-9(2)5-7(11)10-3-6(4-10)8(12)13/h6H,3-5H2,1-2H3,(H,12,13). The number of amides is 1. The molecule has 0 saturated carbocycles. The molecule has 13 heavy (non-hydrogen) atoms. The van der Waals surface area contributed by atoms with Gasteiger partial charge in [-0.2, -0.15) is 0 Å². The molecular weight excluding hydrogens is 172 g/mol. The molecule has 0 spiro atoms. The topological polar surface area (TPSA) is 60.9 Å². The molecule has 0 unspecified atom stereocenters. The van der Waals surface area contributed by atoms with Crippen LogP contribution in [0.4, 0.5) is 0 Å². The predicted molar refractivity (Wildman–Crippen MR) is 46.3 cm³/mol. The minimum atomic E-state index is -0.811. The van der Waals surface area contributed by atoms with Crippen LogP contribution in [0.2, 0.25) is 0 Å². The first-order valence-corrected chi connectivity index (χ1v) is 4.16. The summed E-state index contributed by atoms with van der Waals surface area (Å²) in [5.41, 5.74) is 0. The van der Waals surface area contributed by atoms with Crippen molar-refractivity contribution in [2.24, 2.45) is 5.92 Å². The van der Waals surface area contributed by atoms with Gasteiger partial charge in [0.1, 0.15) is 0 Å². The molecule has 74 valence electrons. The number of carbonyl (C=O) groups excluding carboxylic acids is 1. The van der Waals surface area contributed by atoms with Crippen molar-refractivity contribution >= 4 is 11.9 Å². The molecule has 1 amide bonds. The maximum absolute atomic E-state index is 11.3. The van der Waals surface area contributed by atoms with Gasteiger partial charge in [-0.05, 0) is 14.1 Å². The van der Waals surface area contributed by atoms with E-state index in [1.54, 1.807) is 9.80 Å². The highest BCUT2D eigenvalue weighted by Gasteiger charge is 2.35. The van der Waals surface area contributed by atoms with Crippen LogP contribution in [-0.2, 0) is 9.59 Å². The summed E-state index contributed by atoms with van der Waals surface area (Å²) in [5, 5.41) is 8.57. The molecule has 0 aliphatic carbocycles. The monoisotopic (exact) mass is 186 g/mol. The predicted octanol–water partition coefficient (Wildman–Crippen LogP) is -0.909. The van der Waals surface area contributed by atoms with Gasteiger partial charge < -0.3 is 14.9 Å². The Morgan fingerprint density at radius 2 is 2.00 bits per heavy atom. The zero-order chi connectivity index (χ0) is 10.0. The van der Waals surface area contributed by atoms with Gasteiger partial charge in [0.15, 0.2) is 0 Å². The van der Waals surface area contributed by atoms with Gasteiger partial charge >= 0.3 is 5.97 Å². The minimum Gasteiger partial charge on any atom is -0.481 e. The SMILES string of the molecule is CN(C)CC(=O)N1CC(C(=O)O)C1. The highest BCUT2D eigenvalue weighted by atomic mass is 16.4. The Hall–Kier alpha value is -1.10. The fraction of sp³-hybridized carbons (Fsp3) is 0.750. The van der Waals surface area contributed by atoms with E-state index in [4.69, 9.17) is 5.11 Å². The Balaban J connectivity index is 2.27. The summed E-state index contributed by atoms with van der Waals surface area (Å²) in [6.07, 6.45) is 0. The summed E-state index contributed by atoms with van der Waals surface area (Å²) in [6, 6.07) is 0. The summed E-state index contributed by atoms with van der Waals surface area (Å²) in [7, 11) is 3.62. The zero-order valence-corrected chi connectivity index (χ0v) is 7.86. The third-order valence-corrected chi connectivity index (χ3v) is 2.03. The van der Waals surface area contributed by atoms with E-state index in [1.807, 2.05) is 14.1 Å². The van der Waals surface area contributed by atoms with E-state index >= 15 is 0 Å². The van der Waals surface area contributed by atoms with Crippen LogP contribution in [0.1, 0.15) is 0 Å². The molecule has 0 aromatic heterocycles. The van der Waals surface area contributed by atoms with Gasteiger partial charge in [0.2, 0.25) is 5.91 Å². The van der Waals surface area contributed by atoms with Crippen molar-refractivity contribution in [1.29, 1.82) is 0 Å². The molecule has 1 aliphatic rings. The van der Waals surface area contributed by atoms with Crippen molar-refractivity contribution < 1.29 is 14.7 Å². The number of carbonyl (C=O) groups is 2. The molecule has 0 atom stereocenters. The fourth-order valence-corrected chi connectivity index (χ4v) is 1.21. The van der Waals surface area contributed by atoms with Crippen molar-refractivity contribution in [3.8, 4) is 0 Å². The summed E-state index contributed by atoms with van der Waals surface area (Å²) in [5.74, 6) is -1.16. The molecule has 5 heteroatoms. The van der Waals surface area contributed by atoms with Crippen LogP contribution in [-0.4, -0.2) is 60.5 Å². The van der Waals surface area contributed by atoms with Gasteiger partial charge in [-0.25, -0.2) is 0 Å². The Labute approximate surface area is 76.9 Å². The summed E-state index contributed by atoms with van der Waals surface area (Å²) < 4.78 is 0. The van der Waals surface area contributed by atoms with Gasteiger partial charge in [0, 0.05) is 13.1 Å². The van der Waals surface area contributed by atoms with E-state index in [-0.39, 0.29) is 11.8 Å². The second-order valence-electron chi connectivity index (χ2n) is 3.57.